The largest absolute Gasteiger partial charge is 0.382 e. The van der Waals surface area contributed by atoms with E-state index < -0.39 is 4.92 Å². The van der Waals surface area contributed by atoms with Crippen LogP contribution in [-0.4, -0.2) is 18.5 Å². The lowest BCUT2D eigenvalue weighted by Gasteiger charge is -2.23. The highest BCUT2D eigenvalue weighted by molar-refractivity contribution is 5.81. The second-order valence-electron chi connectivity index (χ2n) is 4.40. The molecule has 21 heavy (non-hydrogen) atoms. The monoisotopic (exact) mass is 289 g/mol. The van der Waals surface area contributed by atoms with Gasteiger partial charge in [-0.1, -0.05) is 6.07 Å². The van der Waals surface area contributed by atoms with Gasteiger partial charge in [0.05, 0.1) is 4.92 Å². The van der Waals surface area contributed by atoms with Gasteiger partial charge in [-0.25, -0.2) is 4.39 Å². The Kier molecular flexibility index (Phi) is 4.37. The molecule has 0 amide bonds. The Balaban J connectivity index is 2.57. The molecular weight excluding hydrogens is 273 g/mol. The molecule has 0 heterocycles. The van der Waals surface area contributed by atoms with E-state index in [9.17, 15) is 14.5 Å². The predicted molar refractivity (Wildman–Crippen MR) is 81.7 cm³/mol. The molecule has 0 saturated carbocycles. The highest BCUT2D eigenvalue weighted by Crippen LogP contribution is 2.38. The number of nitro groups is 1. The van der Waals surface area contributed by atoms with Crippen molar-refractivity contribution in [1.29, 1.82) is 0 Å². The fraction of sp³-hybridized carbons (Fsp3) is 0.200. The van der Waals surface area contributed by atoms with Crippen LogP contribution in [0, 0.1) is 15.9 Å². The lowest BCUT2D eigenvalue weighted by molar-refractivity contribution is -0.383. The van der Waals surface area contributed by atoms with E-state index in [0.717, 1.165) is 0 Å². The molecule has 1 N–H and O–H groups in total. The summed E-state index contributed by atoms with van der Waals surface area (Å²) in [5.41, 5.74) is 1.63. The molecule has 0 fully saturated rings. The molecule has 110 valence electrons. The molecule has 5 nitrogen and oxygen atoms in total. The summed E-state index contributed by atoms with van der Waals surface area (Å²) < 4.78 is 13.0. The van der Waals surface area contributed by atoms with Gasteiger partial charge in [0.15, 0.2) is 0 Å². The Bertz CT molecular complexity index is 644. The molecule has 0 aliphatic carbocycles. The summed E-state index contributed by atoms with van der Waals surface area (Å²) in [5, 5.41) is 14.2. The van der Waals surface area contributed by atoms with Gasteiger partial charge in [-0.15, -0.1) is 0 Å². The molecule has 0 saturated heterocycles. The van der Waals surface area contributed by atoms with Crippen molar-refractivity contribution >= 4 is 22.7 Å². The van der Waals surface area contributed by atoms with Gasteiger partial charge in [0, 0.05) is 19.3 Å². The third-order valence-corrected chi connectivity index (χ3v) is 3.21. The Morgan fingerprint density at radius 2 is 1.90 bits per heavy atom. The van der Waals surface area contributed by atoms with Crippen molar-refractivity contribution in [2.75, 3.05) is 23.8 Å². The molecule has 0 aliphatic heterocycles. The van der Waals surface area contributed by atoms with Crippen molar-refractivity contribution in [3.8, 4) is 0 Å². The molecule has 0 aliphatic rings. The first-order chi connectivity index (χ1) is 10.1. The maximum Gasteiger partial charge on any atom is 0.315 e. The highest BCUT2D eigenvalue weighted by atomic mass is 19.1. The van der Waals surface area contributed by atoms with Gasteiger partial charge < -0.3 is 10.2 Å². The number of hydrogen-bond acceptors (Lipinski definition) is 4. The molecule has 2 aromatic carbocycles. The third-order valence-electron chi connectivity index (χ3n) is 3.21. The zero-order valence-electron chi connectivity index (χ0n) is 11.8. The number of hydrogen-bond donors (Lipinski definition) is 1. The van der Waals surface area contributed by atoms with Gasteiger partial charge in [-0.2, -0.15) is 0 Å². The fourth-order valence-corrected chi connectivity index (χ4v) is 2.26. The van der Waals surface area contributed by atoms with Crippen LogP contribution in [0.15, 0.2) is 42.5 Å². The van der Waals surface area contributed by atoms with Crippen molar-refractivity contribution in [3.63, 3.8) is 0 Å². The number of nitrogens with zero attached hydrogens (tertiary/aromatic N) is 2. The van der Waals surface area contributed by atoms with E-state index in [-0.39, 0.29) is 11.5 Å². The molecule has 2 aromatic rings. The van der Waals surface area contributed by atoms with Crippen LogP contribution < -0.4 is 10.2 Å². The van der Waals surface area contributed by atoms with Gasteiger partial charge in [-0.05, 0) is 43.3 Å². The van der Waals surface area contributed by atoms with Gasteiger partial charge in [-0.3, -0.25) is 10.1 Å². The summed E-state index contributed by atoms with van der Waals surface area (Å²) in [6.07, 6.45) is 0. The molecule has 0 spiro atoms. The van der Waals surface area contributed by atoms with Crippen molar-refractivity contribution in [2.24, 2.45) is 0 Å². The molecule has 0 atom stereocenters. The first-order valence-electron chi connectivity index (χ1n) is 6.56. The van der Waals surface area contributed by atoms with Crippen molar-refractivity contribution in [2.45, 2.75) is 6.92 Å². The van der Waals surface area contributed by atoms with Crippen molar-refractivity contribution in [1.82, 2.24) is 0 Å². The molecule has 0 radical (unpaired) electrons. The number of halogens is 1. The summed E-state index contributed by atoms with van der Waals surface area (Å²) in [5.74, 6) is -0.340. The van der Waals surface area contributed by atoms with Crippen LogP contribution in [0.25, 0.3) is 0 Å². The Labute approximate surface area is 122 Å². The van der Waals surface area contributed by atoms with Gasteiger partial charge in [0.25, 0.3) is 0 Å². The molecule has 0 unspecified atom stereocenters. The van der Waals surface area contributed by atoms with Crippen LogP contribution in [0.1, 0.15) is 6.92 Å². The molecular formula is C15H16FN3O2. The van der Waals surface area contributed by atoms with Crippen molar-refractivity contribution < 1.29 is 9.31 Å². The maximum absolute atomic E-state index is 13.0. The number of nitro benzene ring substituents is 1. The van der Waals surface area contributed by atoms with E-state index in [2.05, 4.69) is 5.32 Å². The number of nitrogens with one attached hydrogen (secondary N) is 1. The Morgan fingerprint density at radius 1 is 1.24 bits per heavy atom. The second-order valence-corrected chi connectivity index (χ2v) is 4.40. The maximum atomic E-state index is 13.0. The van der Waals surface area contributed by atoms with Gasteiger partial charge in [0.2, 0.25) is 0 Å². The summed E-state index contributed by atoms with van der Waals surface area (Å²) in [4.78, 5) is 12.8. The average molecular weight is 289 g/mol. The van der Waals surface area contributed by atoms with Crippen LogP contribution in [0.4, 0.5) is 27.1 Å². The highest BCUT2D eigenvalue weighted by Gasteiger charge is 2.23. The third kappa shape index (κ3) is 2.94. The van der Waals surface area contributed by atoms with Gasteiger partial charge in [0.1, 0.15) is 17.2 Å². The summed E-state index contributed by atoms with van der Waals surface area (Å²) >= 11 is 0. The first kappa shape index (κ1) is 14.8. The first-order valence-corrected chi connectivity index (χ1v) is 6.56. The predicted octanol–water partition coefficient (Wildman–Crippen LogP) is 3.93. The molecule has 0 aromatic heterocycles. The van der Waals surface area contributed by atoms with Crippen molar-refractivity contribution in [3.05, 3.63) is 58.4 Å². The fourth-order valence-electron chi connectivity index (χ4n) is 2.26. The summed E-state index contributed by atoms with van der Waals surface area (Å²) in [7, 11) is 1.64. The minimum absolute atomic E-state index is 0.00572. The zero-order chi connectivity index (χ0) is 15.4. The van der Waals surface area contributed by atoms with E-state index in [0.29, 0.717) is 23.6 Å². The van der Waals surface area contributed by atoms with E-state index in [1.165, 1.54) is 12.1 Å². The lowest BCUT2D eigenvalue weighted by Crippen LogP contribution is -2.18. The Morgan fingerprint density at radius 3 is 2.43 bits per heavy atom. The smallest absolute Gasteiger partial charge is 0.315 e. The van der Waals surface area contributed by atoms with Crippen LogP contribution in [0.2, 0.25) is 0 Å². The normalized spacial score (nSPS) is 10.2. The Hall–Kier alpha value is -2.63. The second kappa shape index (κ2) is 6.21. The van der Waals surface area contributed by atoms with Crippen LogP contribution in [0.3, 0.4) is 0 Å². The zero-order valence-corrected chi connectivity index (χ0v) is 11.8. The lowest BCUT2D eigenvalue weighted by atomic mass is 10.2. The van der Waals surface area contributed by atoms with Crippen LogP contribution >= 0.6 is 0 Å². The quantitative estimate of drug-likeness (QED) is 0.669. The van der Waals surface area contributed by atoms with Crippen LogP contribution in [-0.2, 0) is 0 Å². The summed E-state index contributed by atoms with van der Waals surface area (Å²) in [6, 6.07) is 11.0. The van der Waals surface area contributed by atoms with E-state index >= 15 is 0 Å². The molecule has 6 heteroatoms. The SMILES string of the molecule is CCN(c1ccc(F)cc1)c1cccc(NC)c1[N+](=O)[O-]. The number of benzene rings is 2. The van der Waals surface area contributed by atoms with E-state index in [1.807, 2.05) is 6.92 Å². The molecule has 0 bridgehead atoms. The number of para-hydroxylation sites is 1. The van der Waals surface area contributed by atoms with Crippen LogP contribution in [0.5, 0.6) is 0 Å². The van der Waals surface area contributed by atoms with Gasteiger partial charge >= 0.3 is 5.69 Å². The molecule has 2 rings (SSSR count). The topological polar surface area (TPSA) is 58.4 Å². The minimum atomic E-state index is -0.409. The van der Waals surface area contributed by atoms with E-state index in [1.54, 1.807) is 42.3 Å². The number of rotatable bonds is 5. The van der Waals surface area contributed by atoms with E-state index in [4.69, 9.17) is 0 Å². The summed E-state index contributed by atoms with van der Waals surface area (Å²) in [6.45, 7) is 2.42. The average Bonchev–Trinajstić information content (AvgIpc) is 2.49. The standard InChI is InChI=1S/C15H16FN3O2/c1-3-18(12-9-7-11(16)8-10-12)14-6-4-5-13(17-2)15(14)19(20)21/h4-10,17H,3H2,1-2H3. The number of anilines is 3. The minimum Gasteiger partial charge on any atom is -0.382 e.